The maximum atomic E-state index is 12.9. The highest BCUT2D eigenvalue weighted by Gasteiger charge is 2.01. The number of thiocarbonyl (C=S) groups is 1. The van der Waals surface area contributed by atoms with E-state index in [1.54, 1.807) is 19.2 Å². The number of benzene rings is 1. The molecule has 3 nitrogen and oxygen atoms in total. The zero-order valence-electron chi connectivity index (χ0n) is 9.43. The zero-order valence-corrected chi connectivity index (χ0v) is 11.0. The number of nitrogens with one attached hydrogen (secondary N) is 2. The number of ether oxygens (including phenoxy) is 1. The minimum Gasteiger partial charge on any atom is -0.383 e. The fourth-order valence-electron chi connectivity index (χ4n) is 1.16. The van der Waals surface area contributed by atoms with Crippen LogP contribution in [0.5, 0.6) is 0 Å². The molecule has 0 saturated carbocycles. The van der Waals surface area contributed by atoms with Crippen molar-refractivity contribution in [1.29, 1.82) is 0 Å². The maximum absolute atomic E-state index is 12.9. The van der Waals surface area contributed by atoms with Crippen molar-refractivity contribution in [2.75, 3.05) is 20.3 Å². The number of methoxy groups -OCH3 is 1. The average molecular weight is 277 g/mol. The van der Waals surface area contributed by atoms with Gasteiger partial charge in [0.25, 0.3) is 0 Å². The van der Waals surface area contributed by atoms with E-state index in [9.17, 15) is 4.39 Å². The lowest BCUT2D eigenvalue weighted by atomic mass is 10.2. The first-order valence-corrected chi connectivity index (χ1v) is 5.86. The molecule has 0 aliphatic rings. The summed E-state index contributed by atoms with van der Waals surface area (Å²) < 4.78 is 17.8. The molecule has 0 radical (unpaired) electrons. The molecule has 1 aromatic rings. The smallest absolute Gasteiger partial charge is 0.166 e. The van der Waals surface area contributed by atoms with Gasteiger partial charge < -0.3 is 15.4 Å². The van der Waals surface area contributed by atoms with Crippen LogP contribution in [-0.4, -0.2) is 25.4 Å². The first kappa shape index (κ1) is 14.2. The first-order valence-electron chi connectivity index (χ1n) is 5.08. The molecule has 17 heavy (non-hydrogen) atoms. The van der Waals surface area contributed by atoms with Gasteiger partial charge in [-0.05, 0) is 29.9 Å². The van der Waals surface area contributed by atoms with Crippen LogP contribution in [0.25, 0.3) is 0 Å². The Hall–Kier alpha value is -0.910. The molecule has 1 aromatic carbocycles. The summed E-state index contributed by atoms with van der Waals surface area (Å²) in [6, 6.07) is 4.56. The van der Waals surface area contributed by atoms with E-state index in [1.165, 1.54) is 6.07 Å². The maximum Gasteiger partial charge on any atom is 0.166 e. The van der Waals surface area contributed by atoms with Gasteiger partial charge in [0, 0.05) is 20.2 Å². The molecule has 0 fully saturated rings. The van der Waals surface area contributed by atoms with Crippen LogP contribution in [0.1, 0.15) is 5.56 Å². The molecule has 0 aromatic heterocycles. The Morgan fingerprint density at radius 3 is 2.88 bits per heavy atom. The third kappa shape index (κ3) is 5.30. The van der Waals surface area contributed by atoms with Gasteiger partial charge in [-0.25, -0.2) is 4.39 Å². The van der Waals surface area contributed by atoms with Crippen LogP contribution in [0.3, 0.4) is 0 Å². The van der Waals surface area contributed by atoms with E-state index in [0.29, 0.717) is 24.8 Å². The van der Waals surface area contributed by atoms with Crippen molar-refractivity contribution in [3.63, 3.8) is 0 Å². The van der Waals surface area contributed by atoms with Crippen molar-refractivity contribution in [3.8, 4) is 0 Å². The van der Waals surface area contributed by atoms with Gasteiger partial charge in [-0.2, -0.15) is 0 Å². The Labute approximate surface area is 110 Å². The van der Waals surface area contributed by atoms with Gasteiger partial charge in [-0.1, -0.05) is 17.7 Å². The van der Waals surface area contributed by atoms with Crippen molar-refractivity contribution >= 4 is 28.9 Å². The molecule has 0 aliphatic carbocycles. The average Bonchev–Trinajstić information content (AvgIpc) is 2.31. The van der Waals surface area contributed by atoms with E-state index in [4.69, 9.17) is 28.6 Å². The van der Waals surface area contributed by atoms with Gasteiger partial charge in [0.1, 0.15) is 5.82 Å². The van der Waals surface area contributed by atoms with Crippen LogP contribution in [0, 0.1) is 5.82 Å². The van der Waals surface area contributed by atoms with Crippen LogP contribution < -0.4 is 10.6 Å². The van der Waals surface area contributed by atoms with Crippen LogP contribution in [0.4, 0.5) is 4.39 Å². The number of rotatable bonds is 5. The van der Waals surface area contributed by atoms with Gasteiger partial charge in [0.2, 0.25) is 0 Å². The zero-order chi connectivity index (χ0) is 12.7. The molecule has 0 unspecified atom stereocenters. The summed E-state index contributed by atoms with van der Waals surface area (Å²) in [5, 5.41) is 6.60. The third-order valence-corrected chi connectivity index (χ3v) is 2.61. The van der Waals surface area contributed by atoms with E-state index in [-0.39, 0.29) is 5.02 Å². The van der Waals surface area contributed by atoms with E-state index >= 15 is 0 Å². The number of halogens is 2. The van der Waals surface area contributed by atoms with Crippen molar-refractivity contribution in [2.45, 2.75) is 6.54 Å². The fraction of sp³-hybridized carbons (Fsp3) is 0.364. The summed E-state index contributed by atoms with van der Waals surface area (Å²) in [6.07, 6.45) is 0. The van der Waals surface area contributed by atoms with Crippen LogP contribution in [-0.2, 0) is 11.3 Å². The third-order valence-electron chi connectivity index (χ3n) is 2.03. The standard InChI is InChI=1S/C11H14ClFN2OS/c1-16-5-4-14-11(17)15-7-8-2-3-10(13)9(12)6-8/h2-3,6H,4-5,7H2,1H3,(H2,14,15,17). The Bertz CT molecular complexity index is 390. The Kier molecular flexibility index (Phi) is 6.18. The summed E-state index contributed by atoms with van der Waals surface area (Å²) in [6.45, 7) is 1.73. The van der Waals surface area contributed by atoms with Gasteiger partial charge in [-0.3, -0.25) is 0 Å². The Morgan fingerprint density at radius 1 is 1.47 bits per heavy atom. The predicted octanol–water partition coefficient (Wildman–Crippen LogP) is 2.09. The summed E-state index contributed by atoms with van der Waals surface area (Å²) in [4.78, 5) is 0. The molecular weight excluding hydrogens is 263 g/mol. The van der Waals surface area contributed by atoms with E-state index in [0.717, 1.165) is 5.56 Å². The minimum atomic E-state index is -0.420. The Balaban J connectivity index is 2.34. The van der Waals surface area contributed by atoms with Crippen molar-refractivity contribution in [1.82, 2.24) is 10.6 Å². The lowest BCUT2D eigenvalue weighted by molar-refractivity contribution is 0.204. The first-order chi connectivity index (χ1) is 8.13. The lowest BCUT2D eigenvalue weighted by Crippen LogP contribution is -2.36. The molecular formula is C11H14ClFN2OS. The van der Waals surface area contributed by atoms with Crippen LogP contribution >= 0.6 is 23.8 Å². The largest absolute Gasteiger partial charge is 0.383 e. The van der Waals surface area contributed by atoms with Gasteiger partial charge in [-0.15, -0.1) is 0 Å². The van der Waals surface area contributed by atoms with Crippen LogP contribution in [0.2, 0.25) is 5.02 Å². The fourth-order valence-corrected chi connectivity index (χ4v) is 1.54. The molecule has 0 aliphatic heterocycles. The second kappa shape index (κ2) is 7.42. The second-order valence-corrected chi connectivity index (χ2v) is 4.17. The molecule has 6 heteroatoms. The molecule has 0 spiro atoms. The SMILES string of the molecule is COCCNC(=S)NCc1ccc(F)c(Cl)c1. The Morgan fingerprint density at radius 2 is 2.24 bits per heavy atom. The van der Waals surface area contributed by atoms with Gasteiger partial charge >= 0.3 is 0 Å². The van der Waals surface area contributed by atoms with Crippen molar-refractivity contribution in [3.05, 3.63) is 34.6 Å². The molecule has 1 rings (SSSR count). The summed E-state index contributed by atoms with van der Waals surface area (Å²) in [7, 11) is 1.62. The summed E-state index contributed by atoms with van der Waals surface area (Å²) in [5.41, 5.74) is 0.868. The molecule has 0 heterocycles. The highest BCUT2D eigenvalue weighted by atomic mass is 35.5. The highest BCUT2D eigenvalue weighted by molar-refractivity contribution is 7.80. The van der Waals surface area contributed by atoms with Gasteiger partial charge in [0.05, 0.1) is 11.6 Å². The minimum absolute atomic E-state index is 0.113. The van der Waals surface area contributed by atoms with E-state index in [1.807, 2.05) is 0 Å². The molecule has 0 bridgehead atoms. The summed E-state index contributed by atoms with van der Waals surface area (Å²) >= 11 is 10.7. The molecule has 0 amide bonds. The molecule has 2 N–H and O–H groups in total. The normalized spacial score (nSPS) is 10.1. The number of hydrogen-bond acceptors (Lipinski definition) is 2. The molecule has 0 atom stereocenters. The summed E-state index contributed by atoms with van der Waals surface area (Å²) in [5.74, 6) is -0.420. The monoisotopic (exact) mass is 276 g/mol. The molecule has 94 valence electrons. The van der Waals surface area contributed by atoms with E-state index in [2.05, 4.69) is 10.6 Å². The highest BCUT2D eigenvalue weighted by Crippen LogP contribution is 2.15. The van der Waals surface area contributed by atoms with E-state index < -0.39 is 5.82 Å². The second-order valence-electron chi connectivity index (χ2n) is 3.35. The predicted molar refractivity (Wildman–Crippen MR) is 70.7 cm³/mol. The van der Waals surface area contributed by atoms with Crippen LogP contribution in [0.15, 0.2) is 18.2 Å². The van der Waals surface area contributed by atoms with Crippen molar-refractivity contribution < 1.29 is 9.13 Å². The van der Waals surface area contributed by atoms with Gasteiger partial charge in [0.15, 0.2) is 5.11 Å². The van der Waals surface area contributed by atoms with Crippen molar-refractivity contribution in [2.24, 2.45) is 0 Å². The quantitative estimate of drug-likeness (QED) is 0.637. The lowest BCUT2D eigenvalue weighted by Gasteiger charge is -2.10. The molecule has 0 saturated heterocycles. The number of hydrogen-bond donors (Lipinski definition) is 2. The topological polar surface area (TPSA) is 33.3 Å².